The van der Waals surface area contributed by atoms with Gasteiger partial charge in [0.25, 0.3) is 0 Å². The summed E-state index contributed by atoms with van der Waals surface area (Å²) in [7, 11) is 0. The molecule has 2 aromatic rings. The van der Waals surface area contributed by atoms with E-state index in [9.17, 15) is 9.59 Å². The number of hydrogen-bond acceptors (Lipinski definition) is 3. The van der Waals surface area contributed by atoms with Gasteiger partial charge in [-0.05, 0) is 61.7 Å². The molecule has 0 radical (unpaired) electrons. The summed E-state index contributed by atoms with van der Waals surface area (Å²) >= 11 is 5.93. The second-order valence-electron chi connectivity index (χ2n) is 6.61. The third kappa shape index (κ3) is 5.23. The number of benzene rings is 2. The summed E-state index contributed by atoms with van der Waals surface area (Å²) < 4.78 is 5.71. The first-order chi connectivity index (χ1) is 13.0. The third-order valence-electron chi connectivity index (χ3n) is 4.46. The quantitative estimate of drug-likeness (QED) is 0.709. The lowest BCUT2D eigenvalue weighted by atomic mass is 10.2. The summed E-state index contributed by atoms with van der Waals surface area (Å²) in [5, 5.41) is 3.57. The first-order valence-electron chi connectivity index (χ1n) is 9.12. The molecule has 3 rings (SSSR count). The topological polar surface area (TPSA) is 58.6 Å². The molecule has 2 amide bonds. The van der Waals surface area contributed by atoms with Crippen molar-refractivity contribution in [1.82, 2.24) is 0 Å². The summed E-state index contributed by atoms with van der Waals surface area (Å²) in [6, 6.07) is 12.9. The van der Waals surface area contributed by atoms with Gasteiger partial charge in [0.15, 0.2) is 0 Å². The van der Waals surface area contributed by atoms with Crippen molar-refractivity contribution in [2.24, 2.45) is 0 Å². The fourth-order valence-corrected chi connectivity index (χ4v) is 3.31. The zero-order chi connectivity index (χ0) is 19.2. The highest BCUT2D eigenvalue weighted by Crippen LogP contribution is 2.24. The Morgan fingerprint density at radius 3 is 2.85 bits per heavy atom. The van der Waals surface area contributed by atoms with Crippen LogP contribution in [0.3, 0.4) is 0 Å². The Morgan fingerprint density at radius 2 is 2.11 bits per heavy atom. The van der Waals surface area contributed by atoms with Gasteiger partial charge in [0.2, 0.25) is 11.8 Å². The Labute approximate surface area is 164 Å². The Kier molecular flexibility index (Phi) is 6.35. The number of ether oxygens (including phenoxy) is 1. The average Bonchev–Trinajstić information content (AvgIpc) is 3.06. The molecule has 1 aliphatic heterocycles. The molecule has 0 bridgehead atoms. The van der Waals surface area contributed by atoms with Crippen molar-refractivity contribution in [3.05, 3.63) is 53.1 Å². The normalized spacial score (nSPS) is 13.7. The van der Waals surface area contributed by atoms with E-state index in [1.807, 2.05) is 43.3 Å². The summed E-state index contributed by atoms with van der Waals surface area (Å²) in [5.41, 5.74) is 2.50. The Morgan fingerprint density at radius 1 is 1.26 bits per heavy atom. The van der Waals surface area contributed by atoms with Crippen LogP contribution in [0.4, 0.5) is 11.4 Å². The van der Waals surface area contributed by atoms with E-state index >= 15 is 0 Å². The van der Waals surface area contributed by atoms with Crippen molar-refractivity contribution < 1.29 is 14.3 Å². The molecule has 0 atom stereocenters. The minimum absolute atomic E-state index is 0.0728. The second-order valence-corrected chi connectivity index (χ2v) is 7.05. The third-order valence-corrected chi connectivity index (χ3v) is 4.69. The molecule has 1 fully saturated rings. The van der Waals surface area contributed by atoms with Gasteiger partial charge < -0.3 is 15.0 Å². The van der Waals surface area contributed by atoms with Gasteiger partial charge in [0.05, 0.1) is 6.61 Å². The van der Waals surface area contributed by atoms with Crippen LogP contribution in [-0.2, 0) is 9.59 Å². The lowest BCUT2D eigenvalue weighted by Crippen LogP contribution is -2.23. The van der Waals surface area contributed by atoms with E-state index in [1.54, 1.807) is 11.0 Å². The van der Waals surface area contributed by atoms with E-state index in [0.29, 0.717) is 36.6 Å². The molecule has 5 nitrogen and oxygen atoms in total. The van der Waals surface area contributed by atoms with Crippen LogP contribution in [-0.4, -0.2) is 25.0 Å². The number of hydrogen-bond donors (Lipinski definition) is 1. The maximum atomic E-state index is 12.2. The zero-order valence-corrected chi connectivity index (χ0v) is 16.1. The Hall–Kier alpha value is -2.53. The maximum Gasteiger partial charge on any atom is 0.227 e. The number of nitrogens with one attached hydrogen (secondary N) is 1. The SMILES string of the molecule is Cc1cc(Cl)ccc1OCCCC(=O)Nc1cccc(N2CCCC2=O)c1. The van der Waals surface area contributed by atoms with Crippen molar-refractivity contribution in [3.63, 3.8) is 0 Å². The fraction of sp³-hybridized carbons (Fsp3) is 0.333. The summed E-state index contributed by atoms with van der Waals surface area (Å²) in [6.07, 6.45) is 2.43. The monoisotopic (exact) mass is 386 g/mol. The summed E-state index contributed by atoms with van der Waals surface area (Å²) in [5.74, 6) is 0.840. The molecule has 1 heterocycles. The Bertz CT molecular complexity index is 838. The van der Waals surface area contributed by atoms with E-state index < -0.39 is 0 Å². The molecular formula is C21H23ClN2O3. The molecule has 0 spiro atoms. The van der Waals surface area contributed by atoms with Gasteiger partial charge in [0, 0.05) is 35.8 Å². The van der Waals surface area contributed by atoms with Gasteiger partial charge >= 0.3 is 0 Å². The van der Waals surface area contributed by atoms with E-state index in [-0.39, 0.29) is 11.8 Å². The first kappa shape index (κ1) is 19.2. The molecule has 27 heavy (non-hydrogen) atoms. The van der Waals surface area contributed by atoms with Gasteiger partial charge in [-0.1, -0.05) is 17.7 Å². The van der Waals surface area contributed by atoms with Crippen LogP contribution in [0.15, 0.2) is 42.5 Å². The van der Waals surface area contributed by atoms with Crippen LogP contribution < -0.4 is 15.0 Å². The number of carbonyl (C=O) groups is 2. The predicted octanol–water partition coefficient (Wildman–Crippen LogP) is 4.57. The van der Waals surface area contributed by atoms with Crippen molar-refractivity contribution in [2.75, 3.05) is 23.4 Å². The van der Waals surface area contributed by atoms with Gasteiger partial charge in [-0.3, -0.25) is 9.59 Å². The number of halogens is 1. The van der Waals surface area contributed by atoms with Gasteiger partial charge in [-0.15, -0.1) is 0 Å². The van der Waals surface area contributed by atoms with Crippen molar-refractivity contribution in [3.8, 4) is 5.75 Å². The molecule has 1 saturated heterocycles. The maximum absolute atomic E-state index is 12.2. The molecule has 142 valence electrons. The highest BCUT2D eigenvalue weighted by atomic mass is 35.5. The molecule has 0 aliphatic carbocycles. The smallest absolute Gasteiger partial charge is 0.227 e. The van der Waals surface area contributed by atoms with Crippen LogP contribution >= 0.6 is 11.6 Å². The number of anilines is 2. The average molecular weight is 387 g/mol. The van der Waals surface area contributed by atoms with Gasteiger partial charge in [-0.2, -0.15) is 0 Å². The standard InChI is InChI=1S/C21H23ClN2O3/c1-15-13-16(22)9-10-19(15)27-12-4-7-20(25)23-17-5-2-6-18(14-17)24-11-3-8-21(24)26/h2,5-6,9-10,13-14H,3-4,7-8,11-12H2,1H3,(H,23,25). The minimum Gasteiger partial charge on any atom is -0.493 e. The second kappa shape index (κ2) is 8.91. The number of nitrogens with zero attached hydrogens (tertiary/aromatic N) is 1. The molecule has 2 aromatic carbocycles. The van der Waals surface area contributed by atoms with Crippen LogP contribution in [0.5, 0.6) is 5.75 Å². The van der Waals surface area contributed by atoms with Gasteiger partial charge in [-0.25, -0.2) is 0 Å². The van der Waals surface area contributed by atoms with Crippen molar-refractivity contribution >= 4 is 34.8 Å². The van der Waals surface area contributed by atoms with E-state index in [2.05, 4.69) is 5.32 Å². The number of aryl methyl sites for hydroxylation is 1. The van der Waals surface area contributed by atoms with Crippen LogP contribution in [0.1, 0.15) is 31.2 Å². The van der Waals surface area contributed by atoms with Crippen LogP contribution in [0.2, 0.25) is 5.02 Å². The molecule has 0 saturated carbocycles. The lowest BCUT2D eigenvalue weighted by molar-refractivity contribution is -0.117. The highest BCUT2D eigenvalue weighted by Gasteiger charge is 2.21. The van der Waals surface area contributed by atoms with Crippen LogP contribution in [0, 0.1) is 6.92 Å². The molecule has 0 unspecified atom stereocenters. The highest BCUT2D eigenvalue weighted by molar-refractivity contribution is 6.30. The summed E-state index contributed by atoms with van der Waals surface area (Å²) in [6.45, 7) is 3.13. The number of carbonyl (C=O) groups excluding carboxylic acids is 2. The first-order valence-corrected chi connectivity index (χ1v) is 9.50. The lowest BCUT2D eigenvalue weighted by Gasteiger charge is -2.16. The van der Waals surface area contributed by atoms with E-state index in [1.165, 1.54) is 0 Å². The van der Waals surface area contributed by atoms with E-state index in [0.717, 1.165) is 30.0 Å². The Balaban J connectivity index is 1.46. The predicted molar refractivity (Wildman–Crippen MR) is 108 cm³/mol. The molecule has 6 heteroatoms. The number of rotatable bonds is 7. The summed E-state index contributed by atoms with van der Waals surface area (Å²) in [4.78, 5) is 25.8. The largest absolute Gasteiger partial charge is 0.493 e. The zero-order valence-electron chi connectivity index (χ0n) is 15.3. The van der Waals surface area contributed by atoms with Gasteiger partial charge in [0.1, 0.15) is 5.75 Å². The minimum atomic E-state index is -0.0728. The van der Waals surface area contributed by atoms with Crippen molar-refractivity contribution in [1.29, 1.82) is 0 Å². The molecule has 1 N–H and O–H groups in total. The number of amides is 2. The van der Waals surface area contributed by atoms with Crippen LogP contribution in [0.25, 0.3) is 0 Å². The molecular weight excluding hydrogens is 364 g/mol. The molecule has 0 aromatic heterocycles. The van der Waals surface area contributed by atoms with Crippen molar-refractivity contribution in [2.45, 2.75) is 32.6 Å². The fourth-order valence-electron chi connectivity index (χ4n) is 3.09. The van der Waals surface area contributed by atoms with E-state index in [4.69, 9.17) is 16.3 Å². The molecule has 1 aliphatic rings.